The number of piperidine rings is 1. The summed E-state index contributed by atoms with van der Waals surface area (Å²) in [6.07, 6.45) is 1.69. The molecule has 0 bridgehead atoms. The summed E-state index contributed by atoms with van der Waals surface area (Å²) in [4.78, 5) is 12.0. The molecule has 0 atom stereocenters. The number of halogens is 1. The molecule has 1 saturated heterocycles. The number of rotatable bonds is 3. The van der Waals surface area contributed by atoms with Gasteiger partial charge in [0.25, 0.3) is 5.91 Å². The van der Waals surface area contributed by atoms with E-state index in [0.717, 1.165) is 32.0 Å². The lowest BCUT2D eigenvalue weighted by Crippen LogP contribution is -2.42. The summed E-state index contributed by atoms with van der Waals surface area (Å²) < 4.78 is 18.8. The van der Waals surface area contributed by atoms with Crippen LogP contribution in [0.2, 0.25) is 0 Å². The van der Waals surface area contributed by atoms with Gasteiger partial charge in [0.2, 0.25) is 0 Å². The van der Waals surface area contributed by atoms with E-state index >= 15 is 0 Å². The Hall–Kier alpha value is -1.82. The van der Waals surface area contributed by atoms with Gasteiger partial charge < -0.3 is 21.1 Å². The third kappa shape index (κ3) is 3.14. The average molecular weight is 267 g/mol. The first kappa shape index (κ1) is 13.6. The van der Waals surface area contributed by atoms with Gasteiger partial charge in [0.05, 0.1) is 18.4 Å². The van der Waals surface area contributed by atoms with Crippen LogP contribution in [-0.4, -0.2) is 32.1 Å². The fourth-order valence-corrected chi connectivity index (χ4v) is 2.15. The topological polar surface area (TPSA) is 76.4 Å². The Morgan fingerprint density at radius 2 is 2.16 bits per heavy atom. The maximum atomic E-state index is 13.8. The van der Waals surface area contributed by atoms with E-state index < -0.39 is 11.7 Å². The molecule has 4 N–H and O–H groups in total. The fourth-order valence-electron chi connectivity index (χ4n) is 2.15. The normalized spacial score (nSPS) is 16.1. The molecule has 104 valence electrons. The molecular weight excluding hydrogens is 249 g/mol. The number of nitrogens with one attached hydrogen (secondary N) is 2. The van der Waals surface area contributed by atoms with E-state index in [9.17, 15) is 9.18 Å². The molecule has 0 saturated carbocycles. The van der Waals surface area contributed by atoms with Crippen molar-refractivity contribution in [3.05, 3.63) is 23.5 Å². The molecule has 1 heterocycles. The van der Waals surface area contributed by atoms with Crippen LogP contribution in [0.1, 0.15) is 23.2 Å². The number of ether oxygens (including phenoxy) is 1. The number of nitrogen functional groups attached to an aromatic ring is 1. The maximum Gasteiger partial charge on any atom is 0.254 e. The van der Waals surface area contributed by atoms with Crippen molar-refractivity contribution in [3.63, 3.8) is 0 Å². The van der Waals surface area contributed by atoms with Crippen molar-refractivity contribution in [2.45, 2.75) is 18.9 Å². The number of carbonyl (C=O) groups excluding carboxylic acids is 1. The molecule has 6 heteroatoms. The van der Waals surface area contributed by atoms with Crippen LogP contribution in [0.3, 0.4) is 0 Å². The maximum absolute atomic E-state index is 13.8. The van der Waals surface area contributed by atoms with Gasteiger partial charge in [-0.05, 0) is 32.0 Å². The molecule has 0 spiro atoms. The summed E-state index contributed by atoms with van der Waals surface area (Å²) in [6.45, 7) is 1.72. The van der Waals surface area contributed by atoms with E-state index in [1.807, 2.05) is 0 Å². The first-order valence-electron chi connectivity index (χ1n) is 6.26. The van der Waals surface area contributed by atoms with Gasteiger partial charge in [0, 0.05) is 12.1 Å². The zero-order chi connectivity index (χ0) is 13.8. The first-order chi connectivity index (χ1) is 9.11. The van der Waals surface area contributed by atoms with Gasteiger partial charge in [-0.15, -0.1) is 0 Å². The van der Waals surface area contributed by atoms with E-state index in [1.165, 1.54) is 13.2 Å². The molecule has 1 fully saturated rings. The van der Waals surface area contributed by atoms with Crippen molar-refractivity contribution in [2.75, 3.05) is 25.9 Å². The number of hydrogen-bond acceptors (Lipinski definition) is 4. The zero-order valence-electron chi connectivity index (χ0n) is 10.8. The Morgan fingerprint density at radius 3 is 2.79 bits per heavy atom. The Balaban J connectivity index is 2.13. The lowest BCUT2D eigenvalue weighted by Gasteiger charge is -2.23. The largest absolute Gasteiger partial charge is 0.495 e. The first-order valence-corrected chi connectivity index (χ1v) is 6.26. The molecule has 2 rings (SSSR count). The summed E-state index contributed by atoms with van der Waals surface area (Å²) in [6, 6.07) is 2.52. The number of methoxy groups -OCH3 is 1. The second-order valence-electron chi connectivity index (χ2n) is 4.57. The van der Waals surface area contributed by atoms with Crippen LogP contribution in [0.5, 0.6) is 5.75 Å². The molecule has 1 aromatic carbocycles. The van der Waals surface area contributed by atoms with E-state index in [0.29, 0.717) is 5.75 Å². The van der Waals surface area contributed by atoms with Crippen LogP contribution in [0, 0.1) is 5.82 Å². The number of benzene rings is 1. The lowest BCUT2D eigenvalue weighted by atomic mass is 10.1. The second-order valence-corrected chi connectivity index (χ2v) is 4.57. The summed E-state index contributed by atoms with van der Waals surface area (Å²) >= 11 is 0. The fraction of sp³-hybridized carbons (Fsp3) is 0.462. The molecule has 0 unspecified atom stereocenters. The van der Waals surface area contributed by atoms with E-state index in [4.69, 9.17) is 10.5 Å². The molecule has 19 heavy (non-hydrogen) atoms. The predicted molar refractivity (Wildman–Crippen MR) is 70.7 cm³/mol. The highest BCUT2D eigenvalue weighted by molar-refractivity contribution is 5.95. The van der Waals surface area contributed by atoms with Crippen LogP contribution in [0.25, 0.3) is 0 Å². The predicted octanol–water partition coefficient (Wildman–Crippen LogP) is 0.898. The van der Waals surface area contributed by atoms with E-state index in [2.05, 4.69) is 10.6 Å². The van der Waals surface area contributed by atoms with Crippen LogP contribution in [0.4, 0.5) is 10.1 Å². The number of carbonyl (C=O) groups is 1. The molecule has 1 aliphatic heterocycles. The van der Waals surface area contributed by atoms with Crippen molar-refractivity contribution in [2.24, 2.45) is 0 Å². The molecule has 0 radical (unpaired) electrons. The third-order valence-corrected chi connectivity index (χ3v) is 3.24. The van der Waals surface area contributed by atoms with Crippen LogP contribution >= 0.6 is 0 Å². The van der Waals surface area contributed by atoms with Gasteiger partial charge in [-0.2, -0.15) is 0 Å². The average Bonchev–Trinajstić information content (AvgIpc) is 2.40. The molecular formula is C13H18FN3O2. The smallest absolute Gasteiger partial charge is 0.254 e. The van der Waals surface area contributed by atoms with Crippen LogP contribution < -0.4 is 21.1 Å². The SMILES string of the molecule is COc1cc(C(=O)NC2CCNCC2)c(F)cc1N. The quantitative estimate of drug-likeness (QED) is 0.711. The molecule has 5 nitrogen and oxygen atoms in total. The lowest BCUT2D eigenvalue weighted by molar-refractivity contribution is 0.0925. The third-order valence-electron chi connectivity index (χ3n) is 3.24. The van der Waals surface area contributed by atoms with Gasteiger partial charge >= 0.3 is 0 Å². The van der Waals surface area contributed by atoms with Crippen molar-refractivity contribution in [3.8, 4) is 5.75 Å². The van der Waals surface area contributed by atoms with Crippen LogP contribution in [-0.2, 0) is 0 Å². The standard InChI is InChI=1S/C13H18FN3O2/c1-19-12-6-9(10(14)7-11(12)15)13(18)17-8-2-4-16-5-3-8/h6-8,16H,2-5,15H2,1H3,(H,17,18). The minimum absolute atomic E-state index is 0.0374. The van der Waals surface area contributed by atoms with Gasteiger partial charge in [0.15, 0.2) is 0 Å². The monoisotopic (exact) mass is 267 g/mol. The van der Waals surface area contributed by atoms with Crippen LogP contribution in [0.15, 0.2) is 12.1 Å². The zero-order valence-corrected chi connectivity index (χ0v) is 10.8. The summed E-state index contributed by atoms with van der Waals surface area (Å²) in [7, 11) is 1.43. The molecule has 1 aromatic rings. The number of amides is 1. The highest BCUT2D eigenvalue weighted by Gasteiger charge is 2.20. The molecule has 1 amide bonds. The van der Waals surface area contributed by atoms with Gasteiger partial charge in [-0.25, -0.2) is 4.39 Å². The Kier molecular flexibility index (Phi) is 4.21. The highest BCUT2D eigenvalue weighted by Crippen LogP contribution is 2.25. The number of nitrogens with two attached hydrogens (primary N) is 1. The van der Waals surface area contributed by atoms with Gasteiger partial charge in [0.1, 0.15) is 11.6 Å². The highest BCUT2D eigenvalue weighted by atomic mass is 19.1. The van der Waals surface area contributed by atoms with E-state index in [-0.39, 0.29) is 17.3 Å². The molecule has 1 aliphatic rings. The summed E-state index contributed by atoms with van der Waals surface area (Å²) in [5, 5.41) is 6.03. The van der Waals surface area contributed by atoms with Gasteiger partial charge in [-0.3, -0.25) is 4.79 Å². The summed E-state index contributed by atoms with van der Waals surface area (Å²) in [5.74, 6) is -0.760. The van der Waals surface area contributed by atoms with Gasteiger partial charge in [-0.1, -0.05) is 0 Å². The Labute approximate surface area is 111 Å². The van der Waals surface area contributed by atoms with Crippen molar-refractivity contribution in [1.82, 2.24) is 10.6 Å². The number of anilines is 1. The Morgan fingerprint density at radius 1 is 1.47 bits per heavy atom. The van der Waals surface area contributed by atoms with E-state index in [1.54, 1.807) is 0 Å². The Bertz CT molecular complexity index is 473. The van der Waals surface area contributed by atoms with Crippen molar-refractivity contribution >= 4 is 11.6 Å². The van der Waals surface area contributed by atoms with Crippen molar-refractivity contribution < 1.29 is 13.9 Å². The summed E-state index contributed by atoms with van der Waals surface area (Å²) in [5.41, 5.74) is 5.72. The minimum Gasteiger partial charge on any atom is -0.495 e. The second kappa shape index (κ2) is 5.88. The number of hydrogen-bond donors (Lipinski definition) is 3. The molecule has 0 aliphatic carbocycles. The van der Waals surface area contributed by atoms with Crippen molar-refractivity contribution in [1.29, 1.82) is 0 Å². The molecule has 0 aromatic heterocycles. The minimum atomic E-state index is -0.635.